The summed E-state index contributed by atoms with van der Waals surface area (Å²) >= 11 is 0. The maximum absolute atomic E-state index is 6.80. The van der Waals surface area contributed by atoms with Crippen LogP contribution in [-0.4, -0.2) is 32.2 Å². The Balaban J connectivity index is 1.31. The van der Waals surface area contributed by atoms with Gasteiger partial charge in [-0.25, -0.2) is 4.98 Å². The van der Waals surface area contributed by atoms with Crippen LogP contribution in [0.1, 0.15) is 61.6 Å². The number of rotatable bonds is 4. The minimum absolute atomic E-state index is 0.465. The lowest BCUT2D eigenvalue weighted by Crippen LogP contribution is -2.26. The normalized spacial score (nSPS) is 24.4. The summed E-state index contributed by atoms with van der Waals surface area (Å²) < 4.78 is 1.86. The summed E-state index contributed by atoms with van der Waals surface area (Å²) in [7, 11) is 0. The number of benzene rings is 1. The molecule has 0 radical (unpaired) electrons. The van der Waals surface area contributed by atoms with Crippen LogP contribution in [0.15, 0.2) is 54.9 Å². The molecule has 6 nitrogen and oxygen atoms in total. The van der Waals surface area contributed by atoms with E-state index in [0.717, 1.165) is 46.2 Å². The van der Waals surface area contributed by atoms with Crippen LogP contribution < -0.4 is 11.1 Å². The molecule has 1 aromatic carbocycles. The van der Waals surface area contributed by atoms with Gasteiger partial charge in [-0.2, -0.15) is 9.61 Å². The Hall–Kier alpha value is -3.25. The monoisotopic (exact) mass is 450 g/mol. The lowest BCUT2D eigenvalue weighted by molar-refractivity contribution is 0.450. The Kier molecular flexibility index (Phi) is 4.69. The Morgan fingerprint density at radius 2 is 1.74 bits per heavy atom. The lowest BCUT2D eigenvalue weighted by Gasteiger charge is -2.23. The predicted molar refractivity (Wildman–Crippen MR) is 135 cm³/mol. The van der Waals surface area contributed by atoms with E-state index in [1.54, 1.807) is 0 Å². The molecule has 2 saturated carbocycles. The molecule has 34 heavy (non-hydrogen) atoms. The third-order valence-electron chi connectivity index (χ3n) is 8.07. The first-order valence-electron chi connectivity index (χ1n) is 12.7. The fraction of sp³-hybridized carbons (Fsp3) is 0.393. The highest BCUT2D eigenvalue weighted by Gasteiger charge is 2.37. The molecule has 3 aliphatic rings. The van der Waals surface area contributed by atoms with Gasteiger partial charge in [-0.15, -0.1) is 0 Å². The molecule has 6 heteroatoms. The zero-order valence-electron chi connectivity index (χ0n) is 19.3. The number of hydrogen-bond acceptors (Lipinski definition) is 5. The van der Waals surface area contributed by atoms with Gasteiger partial charge in [0.2, 0.25) is 0 Å². The Bertz CT molecular complexity index is 1340. The number of aromatic nitrogens is 4. The summed E-state index contributed by atoms with van der Waals surface area (Å²) in [5, 5.41) is 8.42. The second-order valence-corrected chi connectivity index (χ2v) is 10.4. The highest BCUT2D eigenvalue weighted by Crippen LogP contribution is 2.48. The van der Waals surface area contributed by atoms with Crippen LogP contribution in [0.5, 0.6) is 0 Å². The number of nitrogens with zero attached hydrogens (tertiary/aromatic N) is 4. The van der Waals surface area contributed by atoms with Crippen LogP contribution in [0.4, 0.5) is 5.82 Å². The first-order chi connectivity index (χ1) is 16.7. The SMILES string of the molecule is Nc1c(C2CC2)c([C@@H]2CCC3CNC(C3)C2)nc2c(-c3ccc(-c4ccccc4)nc3)cnn12. The second-order valence-electron chi connectivity index (χ2n) is 10.4. The number of nitrogens with one attached hydrogen (secondary N) is 1. The standard InChI is InChI=1S/C28H30N6/c29-27-25(19-8-9-19)26(20-7-6-17-12-22(13-20)30-14-17)33-28-23(16-32-34(27)28)21-10-11-24(31-15-21)18-4-2-1-3-5-18/h1-5,10-11,15-17,19-20,22,30H,6-9,12-14,29H2/t17?,20-,22?/m1/s1. The zero-order valence-corrected chi connectivity index (χ0v) is 19.3. The van der Waals surface area contributed by atoms with Crippen LogP contribution in [0.2, 0.25) is 0 Å². The van der Waals surface area contributed by atoms with Crippen molar-refractivity contribution in [3.8, 4) is 22.4 Å². The van der Waals surface area contributed by atoms with Crippen molar-refractivity contribution in [2.75, 3.05) is 12.3 Å². The van der Waals surface area contributed by atoms with Gasteiger partial charge in [0.15, 0.2) is 5.65 Å². The van der Waals surface area contributed by atoms with Gasteiger partial charge < -0.3 is 11.1 Å². The average Bonchev–Trinajstić information content (AvgIpc) is 3.51. The van der Waals surface area contributed by atoms with E-state index in [1.807, 2.05) is 35.1 Å². The second kappa shape index (κ2) is 7.91. The number of fused-ring (bicyclic) bond motifs is 3. The fourth-order valence-corrected chi connectivity index (χ4v) is 6.13. The maximum Gasteiger partial charge on any atom is 0.165 e. The molecular formula is C28H30N6. The van der Waals surface area contributed by atoms with Crippen molar-refractivity contribution >= 4 is 11.5 Å². The van der Waals surface area contributed by atoms with E-state index in [-0.39, 0.29) is 0 Å². The van der Waals surface area contributed by atoms with Crippen molar-refractivity contribution in [2.45, 2.75) is 56.4 Å². The van der Waals surface area contributed by atoms with Gasteiger partial charge in [-0.05, 0) is 63.0 Å². The largest absolute Gasteiger partial charge is 0.383 e. The van der Waals surface area contributed by atoms with E-state index < -0.39 is 0 Å². The molecular weight excluding hydrogens is 420 g/mol. The quantitative estimate of drug-likeness (QED) is 0.449. The van der Waals surface area contributed by atoms with Crippen molar-refractivity contribution < 1.29 is 0 Å². The number of nitrogens with two attached hydrogens (primary N) is 1. The van der Waals surface area contributed by atoms with Gasteiger partial charge in [0.1, 0.15) is 5.82 Å². The molecule has 2 unspecified atom stereocenters. The molecule has 0 spiro atoms. The first kappa shape index (κ1) is 20.2. The number of nitrogen functional groups attached to an aromatic ring is 1. The Morgan fingerprint density at radius 3 is 2.53 bits per heavy atom. The maximum atomic E-state index is 6.80. The number of hydrogen-bond donors (Lipinski definition) is 2. The molecule has 2 aliphatic carbocycles. The molecule has 3 aromatic heterocycles. The highest BCUT2D eigenvalue weighted by atomic mass is 15.3. The van der Waals surface area contributed by atoms with Crippen LogP contribution in [0.25, 0.3) is 28.0 Å². The summed E-state index contributed by atoms with van der Waals surface area (Å²) in [4.78, 5) is 10.1. The highest BCUT2D eigenvalue weighted by molar-refractivity contribution is 5.79. The predicted octanol–water partition coefficient (Wildman–Crippen LogP) is 5.16. The minimum Gasteiger partial charge on any atom is -0.383 e. The first-order valence-corrected chi connectivity index (χ1v) is 12.7. The van der Waals surface area contributed by atoms with Crippen molar-refractivity contribution in [1.29, 1.82) is 0 Å². The summed E-state index contributed by atoms with van der Waals surface area (Å²) in [6.45, 7) is 1.18. The van der Waals surface area contributed by atoms with Gasteiger partial charge in [0.25, 0.3) is 0 Å². The van der Waals surface area contributed by atoms with E-state index in [4.69, 9.17) is 15.7 Å². The van der Waals surface area contributed by atoms with Crippen LogP contribution in [0.3, 0.4) is 0 Å². The van der Waals surface area contributed by atoms with Gasteiger partial charge >= 0.3 is 0 Å². The van der Waals surface area contributed by atoms with Crippen molar-refractivity contribution in [2.24, 2.45) is 5.92 Å². The summed E-state index contributed by atoms with van der Waals surface area (Å²) in [6, 6.07) is 15.1. The van der Waals surface area contributed by atoms with Crippen LogP contribution in [-0.2, 0) is 0 Å². The lowest BCUT2D eigenvalue weighted by atomic mass is 9.89. The van der Waals surface area contributed by atoms with Crippen LogP contribution >= 0.6 is 0 Å². The van der Waals surface area contributed by atoms with E-state index in [9.17, 15) is 0 Å². The fourth-order valence-electron chi connectivity index (χ4n) is 6.13. The third-order valence-corrected chi connectivity index (χ3v) is 8.07. The minimum atomic E-state index is 0.465. The van der Waals surface area contributed by atoms with Crippen molar-refractivity contribution in [1.82, 2.24) is 24.9 Å². The number of pyridine rings is 1. The summed E-state index contributed by atoms with van der Waals surface area (Å²) in [5.41, 5.74) is 14.3. The molecule has 4 heterocycles. The van der Waals surface area contributed by atoms with E-state index in [2.05, 4.69) is 34.7 Å². The van der Waals surface area contributed by atoms with Gasteiger partial charge in [-0.1, -0.05) is 36.4 Å². The summed E-state index contributed by atoms with van der Waals surface area (Å²) in [6.07, 6.45) is 11.2. The van der Waals surface area contributed by atoms with Gasteiger partial charge in [0.05, 0.1) is 17.6 Å². The van der Waals surface area contributed by atoms with Crippen molar-refractivity contribution in [3.05, 3.63) is 66.1 Å². The van der Waals surface area contributed by atoms with Gasteiger partial charge in [-0.3, -0.25) is 4.98 Å². The van der Waals surface area contributed by atoms with E-state index in [1.165, 1.54) is 49.9 Å². The van der Waals surface area contributed by atoms with E-state index in [0.29, 0.717) is 17.9 Å². The summed E-state index contributed by atoms with van der Waals surface area (Å²) in [5.74, 6) is 2.61. The molecule has 3 N–H and O–H groups in total. The van der Waals surface area contributed by atoms with Gasteiger partial charge in [0, 0.05) is 40.4 Å². The van der Waals surface area contributed by atoms with E-state index >= 15 is 0 Å². The average molecular weight is 451 g/mol. The molecule has 2 bridgehead atoms. The third kappa shape index (κ3) is 3.40. The Morgan fingerprint density at radius 1 is 0.882 bits per heavy atom. The molecule has 7 rings (SSSR count). The molecule has 172 valence electrons. The molecule has 1 aliphatic heterocycles. The van der Waals surface area contributed by atoms with Crippen molar-refractivity contribution in [3.63, 3.8) is 0 Å². The number of anilines is 1. The topological polar surface area (TPSA) is 81.1 Å². The molecule has 3 fully saturated rings. The van der Waals surface area contributed by atoms with Crippen LogP contribution in [0, 0.1) is 5.92 Å². The zero-order chi connectivity index (χ0) is 22.6. The molecule has 1 saturated heterocycles. The smallest absolute Gasteiger partial charge is 0.165 e. The molecule has 4 aromatic rings. The molecule has 3 atom stereocenters. The Labute approximate surface area is 199 Å². The molecule has 0 amide bonds.